The molecule has 0 heterocycles. The van der Waals surface area contributed by atoms with Gasteiger partial charge < -0.3 is 10.5 Å². The fourth-order valence-corrected chi connectivity index (χ4v) is 2.71. The second-order valence-corrected chi connectivity index (χ2v) is 5.59. The number of ether oxygens (including phenoxy) is 1. The van der Waals surface area contributed by atoms with Crippen LogP contribution in [-0.4, -0.2) is 7.11 Å². The lowest BCUT2D eigenvalue weighted by atomic mass is 9.94. The summed E-state index contributed by atoms with van der Waals surface area (Å²) < 4.78 is 6.16. The van der Waals surface area contributed by atoms with Gasteiger partial charge in [-0.1, -0.05) is 29.8 Å². The average Bonchev–Trinajstić information content (AvgIpc) is 2.40. The van der Waals surface area contributed by atoms with E-state index in [2.05, 4.69) is 48.0 Å². The van der Waals surface area contributed by atoms with Crippen molar-refractivity contribution in [2.45, 2.75) is 19.9 Å². The van der Waals surface area contributed by atoms with Crippen LogP contribution in [-0.2, 0) is 0 Å². The average molecular weight is 320 g/mol. The number of benzene rings is 2. The van der Waals surface area contributed by atoms with Crippen LogP contribution in [0.5, 0.6) is 5.75 Å². The molecule has 2 aromatic rings. The molecule has 100 valence electrons. The molecule has 1 atom stereocenters. The number of hydrogen-bond donors (Lipinski definition) is 1. The predicted octanol–water partition coefficient (Wildman–Crippen LogP) is 4.12. The van der Waals surface area contributed by atoms with Gasteiger partial charge in [-0.3, -0.25) is 0 Å². The normalized spacial score (nSPS) is 12.3. The van der Waals surface area contributed by atoms with Crippen molar-refractivity contribution in [1.29, 1.82) is 0 Å². The molecule has 0 aliphatic rings. The fourth-order valence-electron chi connectivity index (χ4n) is 2.15. The minimum atomic E-state index is -0.123. The van der Waals surface area contributed by atoms with Crippen LogP contribution in [0, 0.1) is 13.8 Å². The molecule has 0 radical (unpaired) electrons. The first-order valence-corrected chi connectivity index (χ1v) is 6.98. The largest absolute Gasteiger partial charge is 0.496 e. The number of halogens is 1. The maximum atomic E-state index is 6.38. The Morgan fingerprint density at radius 3 is 2.47 bits per heavy atom. The van der Waals surface area contributed by atoms with Crippen LogP contribution in [0.25, 0.3) is 0 Å². The smallest absolute Gasteiger partial charge is 0.133 e. The van der Waals surface area contributed by atoms with E-state index in [1.807, 2.05) is 18.2 Å². The van der Waals surface area contributed by atoms with Crippen molar-refractivity contribution in [1.82, 2.24) is 0 Å². The highest BCUT2D eigenvalue weighted by molar-refractivity contribution is 9.10. The highest BCUT2D eigenvalue weighted by Gasteiger charge is 2.13. The van der Waals surface area contributed by atoms with Gasteiger partial charge in [0.15, 0.2) is 0 Å². The highest BCUT2D eigenvalue weighted by Crippen LogP contribution is 2.30. The molecule has 2 nitrogen and oxygen atoms in total. The van der Waals surface area contributed by atoms with E-state index in [0.29, 0.717) is 0 Å². The van der Waals surface area contributed by atoms with Gasteiger partial charge in [0.1, 0.15) is 5.75 Å². The number of hydrogen-bond acceptors (Lipinski definition) is 2. The molecule has 2 aromatic carbocycles. The second kappa shape index (κ2) is 5.76. The highest BCUT2D eigenvalue weighted by atomic mass is 79.9. The molecule has 2 rings (SSSR count). The van der Waals surface area contributed by atoms with Gasteiger partial charge in [0.2, 0.25) is 0 Å². The lowest BCUT2D eigenvalue weighted by molar-refractivity contribution is 0.412. The minimum Gasteiger partial charge on any atom is -0.496 e. The Kier molecular flexibility index (Phi) is 4.27. The molecule has 0 aliphatic heterocycles. The quantitative estimate of drug-likeness (QED) is 0.923. The predicted molar refractivity (Wildman–Crippen MR) is 82.6 cm³/mol. The molecule has 19 heavy (non-hydrogen) atoms. The number of aryl methyl sites for hydroxylation is 2. The molecule has 0 amide bonds. The molecule has 0 aromatic heterocycles. The summed E-state index contributed by atoms with van der Waals surface area (Å²) in [7, 11) is 1.66. The molecule has 0 spiro atoms. The summed E-state index contributed by atoms with van der Waals surface area (Å²) >= 11 is 3.50. The van der Waals surface area contributed by atoms with Crippen molar-refractivity contribution in [2.75, 3.05) is 7.11 Å². The summed E-state index contributed by atoms with van der Waals surface area (Å²) in [6.07, 6.45) is 0. The van der Waals surface area contributed by atoms with Gasteiger partial charge in [0, 0.05) is 0 Å². The molecule has 1 unspecified atom stereocenters. The summed E-state index contributed by atoms with van der Waals surface area (Å²) in [5.74, 6) is 0.817. The Labute approximate surface area is 122 Å². The minimum absolute atomic E-state index is 0.123. The van der Waals surface area contributed by atoms with Crippen LogP contribution in [0.3, 0.4) is 0 Å². The Balaban J connectivity index is 2.41. The first-order chi connectivity index (χ1) is 9.02. The molecule has 0 fully saturated rings. The Morgan fingerprint density at radius 2 is 1.84 bits per heavy atom. The molecule has 0 bridgehead atoms. The summed E-state index contributed by atoms with van der Waals surface area (Å²) in [5.41, 5.74) is 11.1. The molecule has 2 N–H and O–H groups in total. The van der Waals surface area contributed by atoms with Crippen molar-refractivity contribution in [3.8, 4) is 5.75 Å². The van der Waals surface area contributed by atoms with Gasteiger partial charge in [-0.15, -0.1) is 0 Å². The maximum absolute atomic E-state index is 6.38. The van der Waals surface area contributed by atoms with Crippen LogP contribution in [0.1, 0.15) is 28.3 Å². The van der Waals surface area contributed by atoms with Gasteiger partial charge in [0.25, 0.3) is 0 Å². The lowest BCUT2D eigenvalue weighted by Gasteiger charge is -2.17. The first kappa shape index (κ1) is 14.1. The van der Waals surface area contributed by atoms with Gasteiger partial charge in [-0.2, -0.15) is 0 Å². The zero-order valence-corrected chi connectivity index (χ0v) is 13.0. The number of nitrogens with two attached hydrogens (primary N) is 1. The number of methoxy groups -OCH3 is 1. The van der Waals surface area contributed by atoms with Crippen molar-refractivity contribution in [3.05, 3.63) is 63.1 Å². The third-order valence-electron chi connectivity index (χ3n) is 3.30. The molecular formula is C16H18BrNO. The molecule has 0 saturated carbocycles. The van der Waals surface area contributed by atoms with E-state index in [1.54, 1.807) is 7.11 Å². The summed E-state index contributed by atoms with van der Waals surface area (Å²) in [5, 5.41) is 0. The number of rotatable bonds is 3. The van der Waals surface area contributed by atoms with Gasteiger partial charge in [-0.25, -0.2) is 0 Å². The van der Waals surface area contributed by atoms with Crippen LogP contribution in [0.4, 0.5) is 0 Å². The summed E-state index contributed by atoms with van der Waals surface area (Å²) in [6.45, 7) is 4.17. The van der Waals surface area contributed by atoms with Crippen molar-refractivity contribution < 1.29 is 4.74 Å². The van der Waals surface area contributed by atoms with E-state index < -0.39 is 0 Å². The molecule has 0 saturated heterocycles. The first-order valence-electron chi connectivity index (χ1n) is 6.19. The molecule has 0 aliphatic carbocycles. The Bertz CT molecular complexity index is 595. The van der Waals surface area contributed by atoms with Crippen LogP contribution in [0.2, 0.25) is 0 Å². The second-order valence-electron chi connectivity index (χ2n) is 4.73. The lowest BCUT2D eigenvalue weighted by Crippen LogP contribution is -2.13. The molecule has 3 heteroatoms. The van der Waals surface area contributed by atoms with Crippen LogP contribution in [0.15, 0.2) is 40.9 Å². The maximum Gasteiger partial charge on any atom is 0.133 e. The zero-order valence-electron chi connectivity index (χ0n) is 11.4. The summed E-state index contributed by atoms with van der Waals surface area (Å²) in [6, 6.07) is 12.2. The fraction of sp³-hybridized carbons (Fsp3) is 0.250. The van der Waals surface area contributed by atoms with E-state index in [9.17, 15) is 0 Å². The Morgan fingerprint density at radius 1 is 1.11 bits per heavy atom. The van der Waals surface area contributed by atoms with Crippen LogP contribution >= 0.6 is 15.9 Å². The van der Waals surface area contributed by atoms with Gasteiger partial charge in [0.05, 0.1) is 17.6 Å². The van der Waals surface area contributed by atoms with Crippen molar-refractivity contribution in [2.24, 2.45) is 5.73 Å². The third-order valence-corrected chi connectivity index (χ3v) is 3.92. The van der Waals surface area contributed by atoms with E-state index in [1.165, 1.54) is 11.1 Å². The van der Waals surface area contributed by atoms with Gasteiger partial charge >= 0.3 is 0 Å². The van der Waals surface area contributed by atoms with Gasteiger partial charge in [-0.05, 0) is 58.6 Å². The molecular weight excluding hydrogens is 302 g/mol. The van der Waals surface area contributed by atoms with Crippen LogP contribution < -0.4 is 10.5 Å². The standard InChI is InChI=1S/C16H18BrNO/c1-10-4-5-11(2)13(8-10)16(18)12-6-7-15(19-3)14(17)9-12/h4-9,16H,18H2,1-3H3. The van der Waals surface area contributed by atoms with Crippen molar-refractivity contribution >= 4 is 15.9 Å². The topological polar surface area (TPSA) is 35.2 Å². The third kappa shape index (κ3) is 2.99. The monoisotopic (exact) mass is 319 g/mol. The zero-order chi connectivity index (χ0) is 14.0. The Hall–Kier alpha value is -1.32. The summed E-state index contributed by atoms with van der Waals surface area (Å²) in [4.78, 5) is 0. The van der Waals surface area contributed by atoms with E-state index >= 15 is 0 Å². The van der Waals surface area contributed by atoms with E-state index in [0.717, 1.165) is 21.3 Å². The SMILES string of the molecule is COc1ccc(C(N)c2cc(C)ccc2C)cc1Br. The van der Waals surface area contributed by atoms with E-state index in [4.69, 9.17) is 10.5 Å². The van der Waals surface area contributed by atoms with E-state index in [-0.39, 0.29) is 6.04 Å². The van der Waals surface area contributed by atoms with Crippen molar-refractivity contribution in [3.63, 3.8) is 0 Å².